The summed E-state index contributed by atoms with van der Waals surface area (Å²) in [5, 5.41) is 8.80. The molecule has 0 atom stereocenters. The summed E-state index contributed by atoms with van der Waals surface area (Å²) in [5.74, 6) is 0.372. The second-order valence-corrected chi connectivity index (χ2v) is 7.27. The molecule has 3 aromatic rings. The van der Waals surface area contributed by atoms with Crippen molar-refractivity contribution in [1.82, 2.24) is 0 Å². The van der Waals surface area contributed by atoms with Crippen molar-refractivity contribution < 1.29 is 14.3 Å². The van der Waals surface area contributed by atoms with Gasteiger partial charge in [0.05, 0.1) is 13.2 Å². The van der Waals surface area contributed by atoms with E-state index in [1.807, 2.05) is 45.0 Å². The van der Waals surface area contributed by atoms with Gasteiger partial charge in [0.25, 0.3) is 5.91 Å². The largest absolute Gasteiger partial charge is 0.494 e. The molecule has 3 N–H and O–H groups in total. The second kappa shape index (κ2) is 10.3. The highest BCUT2D eigenvalue weighted by Gasteiger charge is 2.08. The van der Waals surface area contributed by atoms with Gasteiger partial charge < -0.3 is 20.7 Å². The molecule has 3 rings (SSSR count). The van der Waals surface area contributed by atoms with Gasteiger partial charge >= 0.3 is 0 Å². The van der Waals surface area contributed by atoms with Crippen molar-refractivity contribution in [2.24, 2.45) is 0 Å². The van der Waals surface area contributed by atoms with Crippen LogP contribution in [-0.2, 0) is 4.79 Å². The van der Waals surface area contributed by atoms with Crippen LogP contribution in [0.4, 0.5) is 17.1 Å². The van der Waals surface area contributed by atoms with Crippen molar-refractivity contribution in [1.29, 1.82) is 0 Å². The summed E-state index contributed by atoms with van der Waals surface area (Å²) in [6.45, 7) is 6.71. The highest BCUT2D eigenvalue weighted by molar-refractivity contribution is 6.04. The first-order chi connectivity index (χ1) is 14.9. The molecule has 160 valence electrons. The van der Waals surface area contributed by atoms with Gasteiger partial charge in [0, 0.05) is 22.6 Å². The maximum Gasteiger partial charge on any atom is 0.255 e. The molecular weight excluding hydrogens is 390 g/mol. The molecule has 0 aliphatic heterocycles. The molecule has 0 aliphatic carbocycles. The van der Waals surface area contributed by atoms with Crippen molar-refractivity contribution in [3.05, 3.63) is 83.4 Å². The number of hydrogen-bond acceptors (Lipinski definition) is 4. The molecule has 0 aromatic heterocycles. The van der Waals surface area contributed by atoms with Crippen molar-refractivity contribution >= 4 is 28.9 Å². The normalized spacial score (nSPS) is 10.3. The Bertz CT molecular complexity index is 1020. The van der Waals surface area contributed by atoms with Crippen molar-refractivity contribution in [2.45, 2.75) is 20.8 Å². The zero-order valence-electron chi connectivity index (χ0n) is 18.0. The summed E-state index contributed by atoms with van der Waals surface area (Å²) in [7, 11) is 0. The molecule has 2 amide bonds. The van der Waals surface area contributed by atoms with E-state index in [2.05, 4.69) is 22.0 Å². The summed E-state index contributed by atoms with van der Waals surface area (Å²) in [6, 6.07) is 20.1. The third kappa shape index (κ3) is 6.60. The fourth-order valence-electron chi connectivity index (χ4n) is 3.17. The zero-order chi connectivity index (χ0) is 22.2. The molecule has 0 unspecified atom stereocenters. The van der Waals surface area contributed by atoms with E-state index in [0.717, 1.165) is 22.6 Å². The van der Waals surface area contributed by atoms with Gasteiger partial charge in [-0.2, -0.15) is 0 Å². The molecule has 3 aromatic carbocycles. The molecule has 0 heterocycles. The van der Waals surface area contributed by atoms with Crippen molar-refractivity contribution in [3.63, 3.8) is 0 Å². The number of nitrogens with one attached hydrogen (secondary N) is 3. The summed E-state index contributed by atoms with van der Waals surface area (Å²) in [4.78, 5) is 24.7. The molecule has 31 heavy (non-hydrogen) atoms. The standard InChI is InChI=1S/C25H27N3O3/c1-4-31-23-11-9-21(10-12-23)28-25(30)19-5-7-20(8-6-19)27-24(29)16-26-22-14-17(2)13-18(3)15-22/h5-15,26H,4,16H2,1-3H3,(H,27,29)(H,28,30). The number of carbonyl (C=O) groups excluding carboxylic acids is 2. The fourth-order valence-corrected chi connectivity index (χ4v) is 3.17. The smallest absolute Gasteiger partial charge is 0.255 e. The summed E-state index contributed by atoms with van der Waals surface area (Å²) >= 11 is 0. The predicted octanol–water partition coefficient (Wildman–Crippen LogP) is 5.01. The molecule has 6 nitrogen and oxygen atoms in total. The van der Waals surface area contributed by atoms with Crippen molar-refractivity contribution in [3.8, 4) is 5.75 Å². The number of rotatable bonds is 8. The van der Waals surface area contributed by atoms with Crippen LogP contribution in [0.2, 0.25) is 0 Å². The molecule has 0 saturated heterocycles. The number of hydrogen-bond donors (Lipinski definition) is 3. The van der Waals surface area contributed by atoms with Gasteiger partial charge in [-0.3, -0.25) is 9.59 Å². The Labute approximate surface area is 182 Å². The summed E-state index contributed by atoms with van der Waals surface area (Å²) in [5.41, 5.74) is 5.01. The number of carbonyl (C=O) groups is 2. The highest BCUT2D eigenvalue weighted by atomic mass is 16.5. The van der Waals surface area contributed by atoms with Crippen LogP contribution < -0.4 is 20.7 Å². The average molecular weight is 418 g/mol. The maximum atomic E-state index is 12.4. The quantitative estimate of drug-likeness (QED) is 0.482. The van der Waals surface area contributed by atoms with E-state index in [-0.39, 0.29) is 18.4 Å². The molecular formula is C25H27N3O3. The van der Waals surface area contributed by atoms with Crippen LogP contribution >= 0.6 is 0 Å². The van der Waals surface area contributed by atoms with E-state index in [1.165, 1.54) is 0 Å². The highest BCUT2D eigenvalue weighted by Crippen LogP contribution is 2.17. The van der Waals surface area contributed by atoms with E-state index < -0.39 is 0 Å². The van der Waals surface area contributed by atoms with E-state index >= 15 is 0 Å². The Balaban J connectivity index is 1.51. The summed E-state index contributed by atoms with van der Waals surface area (Å²) < 4.78 is 5.40. The predicted molar refractivity (Wildman–Crippen MR) is 125 cm³/mol. The molecule has 0 saturated carbocycles. The SMILES string of the molecule is CCOc1ccc(NC(=O)c2ccc(NC(=O)CNc3cc(C)cc(C)c3)cc2)cc1. The lowest BCUT2D eigenvalue weighted by molar-refractivity contribution is -0.114. The minimum Gasteiger partial charge on any atom is -0.494 e. The van der Waals surface area contributed by atoms with Gasteiger partial charge in [0.2, 0.25) is 5.91 Å². The molecule has 6 heteroatoms. The average Bonchev–Trinajstić information content (AvgIpc) is 2.74. The lowest BCUT2D eigenvalue weighted by atomic mass is 10.1. The molecule has 0 radical (unpaired) electrons. The minimum atomic E-state index is -0.224. The Hall–Kier alpha value is -3.80. The Morgan fingerprint density at radius 3 is 1.97 bits per heavy atom. The van der Waals surface area contributed by atoms with Gasteiger partial charge in [-0.1, -0.05) is 6.07 Å². The maximum absolute atomic E-state index is 12.4. The first-order valence-electron chi connectivity index (χ1n) is 10.2. The zero-order valence-corrected chi connectivity index (χ0v) is 18.0. The van der Waals surface area contributed by atoms with Crippen LogP contribution in [0.15, 0.2) is 66.7 Å². The van der Waals surface area contributed by atoms with Crippen LogP contribution in [0.1, 0.15) is 28.4 Å². The third-order valence-electron chi connectivity index (χ3n) is 4.53. The Morgan fingerprint density at radius 1 is 0.774 bits per heavy atom. The minimum absolute atomic E-state index is 0.156. The Morgan fingerprint density at radius 2 is 1.35 bits per heavy atom. The number of amides is 2. The number of benzene rings is 3. The van der Waals surface area contributed by atoms with E-state index in [1.54, 1.807) is 36.4 Å². The molecule has 0 spiro atoms. The Kier molecular flexibility index (Phi) is 7.27. The number of ether oxygens (including phenoxy) is 1. The van der Waals surface area contributed by atoms with Crippen LogP contribution in [0.3, 0.4) is 0 Å². The topological polar surface area (TPSA) is 79.5 Å². The molecule has 0 bridgehead atoms. The van der Waals surface area contributed by atoms with E-state index in [0.29, 0.717) is 23.5 Å². The lowest BCUT2D eigenvalue weighted by Crippen LogP contribution is -2.22. The summed E-state index contributed by atoms with van der Waals surface area (Å²) in [6.07, 6.45) is 0. The first-order valence-corrected chi connectivity index (χ1v) is 10.2. The monoisotopic (exact) mass is 417 g/mol. The van der Waals surface area contributed by atoms with Crippen LogP contribution in [0.25, 0.3) is 0 Å². The van der Waals surface area contributed by atoms with Crippen LogP contribution in [-0.4, -0.2) is 25.0 Å². The lowest BCUT2D eigenvalue weighted by Gasteiger charge is -2.10. The van der Waals surface area contributed by atoms with E-state index in [9.17, 15) is 9.59 Å². The van der Waals surface area contributed by atoms with Crippen LogP contribution in [0, 0.1) is 13.8 Å². The van der Waals surface area contributed by atoms with Crippen LogP contribution in [0.5, 0.6) is 5.75 Å². The van der Waals surface area contributed by atoms with Crippen molar-refractivity contribution in [2.75, 3.05) is 29.1 Å². The van der Waals surface area contributed by atoms with Gasteiger partial charge in [0.1, 0.15) is 5.75 Å². The number of anilines is 3. The molecule has 0 fully saturated rings. The number of aryl methyl sites for hydroxylation is 2. The fraction of sp³-hybridized carbons (Fsp3) is 0.200. The molecule has 0 aliphatic rings. The van der Waals surface area contributed by atoms with E-state index in [4.69, 9.17) is 4.74 Å². The third-order valence-corrected chi connectivity index (χ3v) is 4.53. The van der Waals surface area contributed by atoms with Gasteiger partial charge in [-0.15, -0.1) is 0 Å². The van der Waals surface area contributed by atoms with Gasteiger partial charge in [-0.25, -0.2) is 0 Å². The second-order valence-electron chi connectivity index (χ2n) is 7.27. The van der Waals surface area contributed by atoms with Gasteiger partial charge in [0.15, 0.2) is 0 Å². The van der Waals surface area contributed by atoms with Gasteiger partial charge in [-0.05, 0) is 92.6 Å². The first kappa shape index (κ1) is 21.9.